The molecular formula is C26H23ClF4N4O3S. The highest BCUT2D eigenvalue weighted by molar-refractivity contribution is 7.11. The minimum atomic E-state index is -4.71. The first-order valence-electron chi connectivity index (χ1n) is 12.0. The highest BCUT2D eigenvalue weighted by atomic mass is 35.5. The minimum absolute atomic E-state index is 0.0307. The Morgan fingerprint density at radius 1 is 1.26 bits per heavy atom. The highest BCUT2D eigenvalue weighted by Gasteiger charge is 2.33. The van der Waals surface area contributed by atoms with E-state index in [0.717, 1.165) is 10.6 Å². The molecule has 13 heteroatoms. The fourth-order valence-electron chi connectivity index (χ4n) is 4.70. The Bertz CT molecular complexity index is 1600. The standard InChI is InChI=1S/C26H23ClF4N4O3S/c27-17-3-1-15(21(9-17)26(29,30)31)8-20(14-2-4-22-16(7-14)10-32-33-22)23-24(37)35(25(38)39-23)13-19(36)12-34-6-5-18(28)11-34/h1-4,7-10,18-19,36-37H,5-6,11-13H2,(H,32,33)/t18-,19-/m1/s1. The Morgan fingerprint density at radius 3 is 2.77 bits per heavy atom. The molecule has 7 nitrogen and oxygen atoms in total. The van der Waals surface area contributed by atoms with E-state index in [9.17, 15) is 32.6 Å². The maximum absolute atomic E-state index is 13.9. The molecule has 2 atom stereocenters. The number of β-amino-alcohol motifs (C(OH)–C–C–N with tert-alkyl or cyclic N) is 1. The van der Waals surface area contributed by atoms with Crippen molar-refractivity contribution in [2.45, 2.75) is 31.4 Å². The second-order valence-electron chi connectivity index (χ2n) is 9.39. The van der Waals surface area contributed by atoms with E-state index in [-0.39, 0.29) is 40.7 Å². The Kier molecular flexibility index (Phi) is 7.55. The molecule has 4 aromatic rings. The van der Waals surface area contributed by atoms with E-state index in [2.05, 4.69) is 10.2 Å². The summed E-state index contributed by atoms with van der Waals surface area (Å²) in [4.78, 5) is 14.1. The predicted molar refractivity (Wildman–Crippen MR) is 142 cm³/mol. The number of rotatable bonds is 7. The number of thiazole rings is 1. The molecule has 0 radical (unpaired) electrons. The summed E-state index contributed by atoms with van der Waals surface area (Å²) < 4.78 is 56.1. The van der Waals surface area contributed by atoms with Crippen LogP contribution in [0.25, 0.3) is 22.6 Å². The van der Waals surface area contributed by atoms with E-state index < -0.39 is 34.8 Å². The molecule has 0 unspecified atom stereocenters. The average Bonchev–Trinajstić information content (AvgIpc) is 3.58. The first kappa shape index (κ1) is 27.4. The lowest BCUT2D eigenvalue weighted by Gasteiger charge is -2.19. The van der Waals surface area contributed by atoms with Gasteiger partial charge in [0.25, 0.3) is 0 Å². The molecule has 1 saturated heterocycles. The smallest absolute Gasteiger partial charge is 0.417 e. The molecule has 0 amide bonds. The maximum atomic E-state index is 13.9. The van der Waals surface area contributed by atoms with E-state index >= 15 is 0 Å². The molecule has 3 N–H and O–H groups in total. The molecule has 2 aromatic heterocycles. The lowest BCUT2D eigenvalue weighted by atomic mass is 9.97. The maximum Gasteiger partial charge on any atom is 0.417 e. The number of H-pyrrole nitrogens is 1. The molecule has 0 spiro atoms. The van der Waals surface area contributed by atoms with Crippen LogP contribution in [0, 0.1) is 0 Å². The summed E-state index contributed by atoms with van der Waals surface area (Å²) in [5.74, 6) is -0.491. The number of hydrogen-bond donors (Lipinski definition) is 3. The van der Waals surface area contributed by atoms with Gasteiger partial charge in [-0.15, -0.1) is 0 Å². The summed E-state index contributed by atoms with van der Waals surface area (Å²) in [5, 5.41) is 29.0. The first-order chi connectivity index (χ1) is 18.5. The largest absolute Gasteiger partial charge is 0.493 e. The number of likely N-dealkylation sites (tertiary alicyclic amines) is 1. The Hall–Kier alpha value is -3.19. The zero-order valence-electron chi connectivity index (χ0n) is 20.3. The van der Waals surface area contributed by atoms with Crippen molar-refractivity contribution in [2.24, 2.45) is 0 Å². The van der Waals surface area contributed by atoms with Crippen LogP contribution >= 0.6 is 22.9 Å². The fourth-order valence-corrected chi connectivity index (χ4v) is 5.80. The number of aliphatic hydroxyl groups is 1. The number of benzene rings is 2. The van der Waals surface area contributed by atoms with Crippen molar-refractivity contribution in [3.8, 4) is 5.88 Å². The van der Waals surface area contributed by atoms with Crippen LogP contribution in [0.2, 0.25) is 5.02 Å². The van der Waals surface area contributed by atoms with Crippen LogP contribution in [0.4, 0.5) is 17.6 Å². The second kappa shape index (κ2) is 10.8. The second-order valence-corrected chi connectivity index (χ2v) is 10.8. The number of halogens is 5. The van der Waals surface area contributed by atoms with Gasteiger partial charge in [0, 0.05) is 35.6 Å². The normalized spacial score (nSPS) is 17.8. The van der Waals surface area contributed by atoms with Crippen molar-refractivity contribution in [1.29, 1.82) is 0 Å². The lowest BCUT2D eigenvalue weighted by Crippen LogP contribution is -2.35. The third-order valence-electron chi connectivity index (χ3n) is 6.56. The van der Waals surface area contributed by atoms with Gasteiger partial charge in [-0.1, -0.05) is 35.1 Å². The molecule has 0 aliphatic carbocycles. The van der Waals surface area contributed by atoms with Crippen LogP contribution in [0.5, 0.6) is 5.88 Å². The van der Waals surface area contributed by atoms with E-state index in [1.54, 1.807) is 29.3 Å². The molecule has 2 aromatic carbocycles. The fraction of sp³-hybridized carbons (Fsp3) is 0.308. The summed E-state index contributed by atoms with van der Waals surface area (Å²) in [7, 11) is 0. The monoisotopic (exact) mass is 582 g/mol. The van der Waals surface area contributed by atoms with Crippen molar-refractivity contribution in [3.63, 3.8) is 0 Å². The summed E-state index contributed by atoms with van der Waals surface area (Å²) >= 11 is 6.50. The van der Waals surface area contributed by atoms with Crippen molar-refractivity contribution >= 4 is 45.5 Å². The number of aliphatic hydroxyl groups excluding tert-OH is 1. The quantitative estimate of drug-likeness (QED) is 0.207. The van der Waals surface area contributed by atoms with Crippen LogP contribution in [-0.4, -0.2) is 61.8 Å². The Morgan fingerprint density at radius 2 is 2.05 bits per heavy atom. The summed E-state index contributed by atoms with van der Waals surface area (Å²) in [6.45, 7) is 0.493. The van der Waals surface area contributed by atoms with Gasteiger partial charge in [-0.2, -0.15) is 18.3 Å². The highest BCUT2D eigenvalue weighted by Crippen LogP contribution is 2.39. The van der Waals surface area contributed by atoms with Crippen LogP contribution < -0.4 is 4.87 Å². The van der Waals surface area contributed by atoms with Gasteiger partial charge in [0.15, 0.2) is 0 Å². The van der Waals surface area contributed by atoms with E-state index in [1.165, 1.54) is 18.2 Å². The summed E-state index contributed by atoms with van der Waals surface area (Å²) in [5.41, 5.74) is 0.100. The number of fused-ring (bicyclic) bond motifs is 1. The van der Waals surface area contributed by atoms with Crippen LogP contribution in [-0.2, 0) is 12.7 Å². The Balaban J connectivity index is 1.59. The van der Waals surface area contributed by atoms with Gasteiger partial charge in [-0.3, -0.25) is 19.4 Å². The molecule has 5 rings (SSSR count). The van der Waals surface area contributed by atoms with Gasteiger partial charge < -0.3 is 10.2 Å². The number of hydrogen-bond acceptors (Lipinski definition) is 6. The topological polar surface area (TPSA) is 94.4 Å². The molecule has 0 bridgehead atoms. The number of aromatic nitrogens is 3. The van der Waals surface area contributed by atoms with E-state index in [1.807, 2.05) is 0 Å². The lowest BCUT2D eigenvalue weighted by molar-refractivity contribution is -0.137. The molecular weight excluding hydrogens is 560 g/mol. The molecule has 0 saturated carbocycles. The molecule has 3 heterocycles. The molecule has 206 valence electrons. The summed E-state index contributed by atoms with van der Waals surface area (Å²) in [6.07, 6.45) is -3.61. The SMILES string of the molecule is O=c1sc(C(=Cc2ccc(Cl)cc2C(F)(F)F)c2ccc3[nH]ncc3c2)c(O)n1C[C@H](O)CN1CC[C@@H](F)C1. The number of alkyl halides is 4. The molecule has 1 fully saturated rings. The van der Waals surface area contributed by atoms with Crippen molar-refractivity contribution in [1.82, 2.24) is 19.7 Å². The van der Waals surface area contributed by atoms with Crippen molar-refractivity contribution in [2.75, 3.05) is 19.6 Å². The zero-order chi connectivity index (χ0) is 27.9. The summed E-state index contributed by atoms with van der Waals surface area (Å²) in [6, 6.07) is 8.36. The van der Waals surface area contributed by atoms with Crippen molar-refractivity contribution < 1.29 is 27.8 Å². The predicted octanol–water partition coefficient (Wildman–Crippen LogP) is 5.16. The van der Waals surface area contributed by atoms with Gasteiger partial charge in [0.2, 0.25) is 5.88 Å². The number of nitrogens with one attached hydrogen (secondary N) is 1. The van der Waals surface area contributed by atoms with Crippen LogP contribution in [0.15, 0.2) is 47.4 Å². The minimum Gasteiger partial charge on any atom is -0.493 e. The van der Waals surface area contributed by atoms with Crippen LogP contribution in [0.1, 0.15) is 28.0 Å². The number of nitrogens with zero attached hydrogens (tertiary/aromatic N) is 3. The number of aromatic hydroxyl groups is 1. The third-order valence-corrected chi connectivity index (χ3v) is 7.80. The van der Waals surface area contributed by atoms with Gasteiger partial charge in [-0.05, 0) is 47.9 Å². The molecule has 1 aliphatic rings. The zero-order valence-corrected chi connectivity index (χ0v) is 21.8. The van der Waals surface area contributed by atoms with Crippen LogP contribution in [0.3, 0.4) is 0 Å². The van der Waals surface area contributed by atoms with Crippen molar-refractivity contribution in [3.05, 3.63) is 78.9 Å². The molecule has 1 aliphatic heterocycles. The van der Waals surface area contributed by atoms with E-state index in [4.69, 9.17) is 11.6 Å². The van der Waals surface area contributed by atoms with E-state index in [0.29, 0.717) is 40.8 Å². The molecule has 39 heavy (non-hydrogen) atoms. The Labute approximate surface area is 228 Å². The third kappa shape index (κ3) is 5.88. The number of aromatic amines is 1. The first-order valence-corrected chi connectivity index (χ1v) is 13.2. The van der Waals surface area contributed by atoms with Gasteiger partial charge in [-0.25, -0.2) is 4.39 Å². The van der Waals surface area contributed by atoms with Gasteiger partial charge in [0.05, 0.1) is 29.9 Å². The van der Waals surface area contributed by atoms with Gasteiger partial charge in [0.1, 0.15) is 11.0 Å². The van der Waals surface area contributed by atoms with Gasteiger partial charge >= 0.3 is 11.0 Å². The average molecular weight is 583 g/mol.